The second-order valence-corrected chi connectivity index (χ2v) is 5.33. The van der Waals surface area contributed by atoms with Gasteiger partial charge in [-0.2, -0.15) is 0 Å². The third-order valence-corrected chi connectivity index (χ3v) is 3.79. The molecule has 1 unspecified atom stereocenters. The molecule has 0 radical (unpaired) electrons. The van der Waals surface area contributed by atoms with E-state index in [1.165, 1.54) is 0 Å². The van der Waals surface area contributed by atoms with Crippen molar-refractivity contribution in [3.8, 4) is 0 Å². The lowest BCUT2D eigenvalue weighted by atomic mass is 9.75. The smallest absolute Gasteiger partial charge is 0.181 e. The van der Waals surface area contributed by atoms with E-state index in [2.05, 4.69) is 0 Å². The second-order valence-electron chi connectivity index (χ2n) is 5.33. The fourth-order valence-electron chi connectivity index (χ4n) is 2.54. The molecule has 100 valence electrons. The first-order valence-electron chi connectivity index (χ1n) is 6.69. The van der Waals surface area contributed by atoms with Crippen molar-refractivity contribution in [1.82, 2.24) is 0 Å². The third-order valence-electron chi connectivity index (χ3n) is 3.79. The van der Waals surface area contributed by atoms with Crippen molar-refractivity contribution in [2.75, 3.05) is 0 Å². The zero-order valence-corrected chi connectivity index (χ0v) is 11.6. The van der Waals surface area contributed by atoms with Crippen molar-refractivity contribution in [1.29, 1.82) is 0 Å². The Balaban J connectivity index is 1.97. The number of aliphatic hydroxyl groups is 1. The molecule has 0 bridgehead atoms. The molecule has 1 aliphatic rings. The van der Waals surface area contributed by atoms with Crippen LogP contribution in [0.3, 0.4) is 0 Å². The first-order valence-corrected chi connectivity index (χ1v) is 6.69. The quantitative estimate of drug-likeness (QED) is 0.892. The largest absolute Gasteiger partial charge is 0.510 e. The van der Waals surface area contributed by atoms with Gasteiger partial charge in [-0.05, 0) is 25.0 Å². The van der Waals surface area contributed by atoms with E-state index in [1.54, 1.807) is 0 Å². The fraction of sp³-hybridized carbons (Fsp3) is 0.167. The molecule has 0 fully saturated rings. The van der Waals surface area contributed by atoms with Gasteiger partial charge in [0.25, 0.3) is 0 Å². The van der Waals surface area contributed by atoms with Gasteiger partial charge in [-0.1, -0.05) is 59.7 Å². The summed E-state index contributed by atoms with van der Waals surface area (Å²) in [5, 5.41) is 10.2. The third kappa shape index (κ3) is 1.94. The number of allylic oxidation sites excluding steroid dienone is 2. The SMILES string of the molecule is Cc1ccc(C2=C(O)C(c3ccc(C)cc3)C2=O)cc1. The number of hydrogen-bond donors (Lipinski definition) is 1. The number of aliphatic hydroxyl groups excluding tert-OH is 1. The monoisotopic (exact) mass is 264 g/mol. The maximum atomic E-state index is 12.3. The van der Waals surface area contributed by atoms with E-state index in [0.29, 0.717) is 5.57 Å². The second kappa shape index (κ2) is 4.64. The van der Waals surface area contributed by atoms with Crippen molar-refractivity contribution < 1.29 is 9.90 Å². The summed E-state index contributed by atoms with van der Waals surface area (Å²) in [5.41, 5.74) is 4.38. The minimum absolute atomic E-state index is 0.00444. The van der Waals surface area contributed by atoms with E-state index in [4.69, 9.17) is 0 Å². The van der Waals surface area contributed by atoms with Crippen LogP contribution in [-0.2, 0) is 4.79 Å². The predicted octanol–water partition coefficient (Wildman–Crippen LogP) is 3.94. The highest BCUT2D eigenvalue weighted by atomic mass is 16.3. The Morgan fingerprint density at radius 3 is 1.85 bits per heavy atom. The fourth-order valence-corrected chi connectivity index (χ4v) is 2.54. The van der Waals surface area contributed by atoms with Gasteiger partial charge in [0.05, 0.1) is 5.57 Å². The highest BCUT2D eigenvalue weighted by Gasteiger charge is 2.40. The molecule has 2 aromatic carbocycles. The van der Waals surface area contributed by atoms with Crippen LogP contribution < -0.4 is 0 Å². The van der Waals surface area contributed by atoms with Crippen LogP contribution in [0.2, 0.25) is 0 Å². The number of rotatable bonds is 2. The summed E-state index contributed by atoms with van der Waals surface area (Å²) < 4.78 is 0. The summed E-state index contributed by atoms with van der Waals surface area (Å²) in [4.78, 5) is 12.3. The molecular formula is C18H16O2. The van der Waals surface area contributed by atoms with E-state index in [0.717, 1.165) is 22.3 Å². The molecule has 2 heteroatoms. The van der Waals surface area contributed by atoms with E-state index in [9.17, 15) is 9.90 Å². The van der Waals surface area contributed by atoms with Gasteiger partial charge in [0.2, 0.25) is 0 Å². The maximum Gasteiger partial charge on any atom is 0.181 e. The molecule has 2 aromatic rings. The minimum Gasteiger partial charge on any atom is -0.510 e. The number of Topliss-reactive ketones (excluding diaryl/α,β-unsaturated/α-hetero) is 1. The highest BCUT2D eigenvalue weighted by molar-refractivity contribution is 6.31. The summed E-state index contributed by atoms with van der Waals surface area (Å²) >= 11 is 0. The van der Waals surface area contributed by atoms with Gasteiger partial charge in [0.15, 0.2) is 5.78 Å². The molecule has 3 rings (SSSR count). The van der Waals surface area contributed by atoms with Crippen LogP contribution in [0.4, 0.5) is 0 Å². The molecule has 1 N–H and O–H groups in total. The van der Waals surface area contributed by atoms with Crippen LogP contribution in [-0.4, -0.2) is 10.9 Å². The Bertz CT molecular complexity index is 691. The summed E-state index contributed by atoms with van der Waals surface area (Å²) in [6.07, 6.45) is 0. The summed E-state index contributed by atoms with van der Waals surface area (Å²) in [7, 11) is 0. The molecule has 0 heterocycles. The van der Waals surface area contributed by atoms with Crippen molar-refractivity contribution in [2.45, 2.75) is 19.8 Å². The lowest BCUT2D eigenvalue weighted by Gasteiger charge is -2.28. The van der Waals surface area contributed by atoms with Crippen molar-refractivity contribution >= 4 is 11.4 Å². The molecule has 0 aliphatic heterocycles. The standard InChI is InChI=1S/C18H16O2/c1-11-3-7-13(8-4-11)15-17(19)16(18(15)20)14-9-5-12(2)6-10-14/h3-10,15,19H,1-2H3. The molecule has 1 atom stereocenters. The van der Waals surface area contributed by atoms with E-state index < -0.39 is 5.92 Å². The molecule has 0 amide bonds. The molecule has 0 saturated heterocycles. The van der Waals surface area contributed by atoms with Crippen LogP contribution in [0.25, 0.3) is 5.57 Å². The minimum atomic E-state index is -0.494. The lowest BCUT2D eigenvalue weighted by molar-refractivity contribution is -0.116. The lowest BCUT2D eigenvalue weighted by Crippen LogP contribution is -2.28. The van der Waals surface area contributed by atoms with E-state index in [-0.39, 0.29) is 11.5 Å². The van der Waals surface area contributed by atoms with Crippen molar-refractivity contribution in [2.24, 2.45) is 0 Å². The van der Waals surface area contributed by atoms with Gasteiger partial charge >= 0.3 is 0 Å². The highest BCUT2D eigenvalue weighted by Crippen LogP contribution is 2.42. The van der Waals surface area contributed by atoms with Gasteiger partial charge in [-0.3, -0.25) is 4.79 Å². The van der Waals surface area contributed by atoms with E-state index in [1.807, 2.05) is 62.4 Å². The van der Waals surface area contributed by atoms with Crippen LogP contribution >= 0.6 is 0 Å². The Hall–Kier alpha value is -2.35. The molecular weight excluding hydrogens is 248 g/mol. The molecule has 2 nitrogen and oxygen atoms in total. The average molecular weight is 264 g/mol. The number of hydrogen-bond acceptors (Lipinski definition) is 2. The molecule has 0 aromatic heterocycles. The van der Waals surface area contributed by atoms with Gasteiger partial charge < -0.3 is 5.11 Å². The summed E-state index contributed by atoms with van der Waals surface area (Å²) in [5.74, 6) is -0.315. The topological polar surface area (TPSA) is 37.3 Å². The Morgan fingerprint density at radius 2 is 1.35 bits per heavy atom. The van der Waals surface area contributed by atoms with Crippen LogP contribution in [0, 0.1) is 13.8 Å². The number of benzene rings is 2. The van der Waals surface area contributed by atoms with Crippen LogP contribution in [0.15, 0.2) is 54.3 Å². The maximum absolute atomic E-state index is 12.3. The molecule has 0 spiro atoms. The van der Waals surface area contributed by atoms with E-state index >= 15 is 0 Å². The first-order chi connectivity index (χ1) is 9.58. The van der Waals surface area contributed by atoms with Crippen LogP contribution in [0.1, 0.15) is 28.2 Å². The average Bonchev–Trinajstić information content (AvgIpc) is 2.44. The van der Waals surface area contributed by atoms with Gasteiger partial charge in [-0.15, -0.1) is 0 Å². The number of carbonyl (C=O) groups is 1. The Labute approximate surface area is 118 Å². The predicted molar refractivity (Wildman–Crippen MR) is 79.7 cm³/mol. The van der Waals surface area contributed by atoms with Crippen molar-refractivity contribution in [3.63, 3.8) is 0 Å². The molecule has 1 aliphatic carbocycles. The Morgan fingerprint density at radius 1 is 0.850 bits per heavy atom. The molecule has 0 saturated carbocycles. The zero-order valence-electron chi connectivity index (χ0n) is 11.6. The summed E-state index contributed by atoms with van der Waals surface area (Å²) in [6, 6.07) is 15.4. The number of carbonyl (C=O) groups excluding carboxylic acids is 1. The normalized spacial score (nSPS) is 18.1. The van der Waals surface area contributed by atoms with Crippen LogP contribution in [0.5, 0.6) is 0 Å². The van der Waals surface area contributed by atoms with Gasteiger partial charge in [-0.25, -0.2) is 0 Å². The first kappa shape index (κ1) is 12.7. The summed E-state index contributed by atoms with van der Waals surface area (Å²) in [6.45, 7) is 4.00. The molecule has 20 heavy (non-hydrogen) atoms. The Kier molecular flexibility index (Phi) is 2.94. The van der Waals surface area contributed by atoms with Crippen molar-refractivity contribution in [3.05, 3.63) is 76.5 Å². The number of aryl methyl sites for hydroxylation is 2. The van der Waals surface area contributed by atoms with Gasteiger partial charge in [0, 0.05) is 0 Å². The number of ketones is 1. The van der Waals surface area contributed by atoms with Gasteiger partial charge in [0.1, 0.15) is 11.7 Å². The zero-order chi connectivity index (χ0) is 14.3.